The Labute approximate surface area is 138 Å². The van der Waals surface area contributed by atoms with Crippen LogP contribution in [-0.2, 0) is 17.9 Å². The van der Waals surface area contributed by atoms with Gasteiger partial charge in [-0.05, 0) is 24.3 Å². The van der Waals surface area contributed by atoms with Gasteiger partial charge in [0, 0.05) is 18.0 Å². The molecule has 2 aromatic heterocycles. The molecule has 122 valence electrons. The van der Waals surface area contributed by atoms with Crippen LogP contribution in [0.3, 0.4) is 0 Å². The standard InChI is InChI=1S/C18H17N3O3/c1-20-16(17(22)19-10-13-6-4-8-24-13)11-21-14-7-3-2-5-12(14)9-15(21)18(20)23/h2-9,16H,10-11H2,1H3,(H,19,22)/t16-/m0/s1. The predicted octanol–water partition coefficient (Wildman–Crippen LogP) is 2.00. The van der Waals surface area contributed by atoms with Crippen LogP contribution in [0.25, 0.3) is 10.9 Å². The molecule has 1 aromatic carbocycles. The van der Waals surface area contributed by atoms with E-state index in [-0.39, 0.29) is 11.8 Å². The number of aromatic nitrogens is 1. The van der Waals surface area contributed by atoms with Crippen LogP contribution >= 0.6 is 0 Å². The minimum atomic E-state index is -0.546. The molecule has 1 atom stereocenters. The number of carbonyl (C=O) groups excluding carboxylic acids is 2. The minimum Gasteiger partial charge on any atom is -0.467 e. The molecule has 0 saturated carbocycles. The third-order valence-electron chi connectivity index (χ3n) is 4.49. The lowest BCUT2D eigenvalue weighted by Crippen LogP contribution is -2.53. The molecule has 0 fully saturated rings. The van der Waals surface area contributed by atoms with Crippen molar-refractivity contribution in [3.8, 4) is 0 Å². The van der Waals surface area contributed by atoms with Crippen molar-refractivity contribution in [2.24, 2.45) is 0 Å². The summed E-state index contributed by atoms with van der Waals surface area (Å²) in [5.74, 6) is 0.349. The second kappa shape index (κ2) is 5.56. The van der Waals surface area contributed by atoms with Crippen LogP contribution < -0.4 is 5.32 Å². The van der Waals surface area contributed by atoms with E-state index in [0.717, 1.165) is 10.9 Å². The molecular weight excluding hydrogens is 306 g/mol. The van der Waals surface area contributed by atoms with Gasteiger partial charge in [-0.15, -0.1) is 0 Å². The molecule has 0 saturated heterocycles. The summed E-state index contributed by atoms with van der Waals surface area (Å²) in [7, 11) is 1.67. The largest absolute Gasteiger partial charge is 0.467 e. The summed E-state index contributed by atoms with van der Waals surface area (Å²) in [4.78, 5) is 26.7. The highest BCUT2D eigenvalue weighted by molar-refractivity contribution is 6.02. The van der Waals surface area contributed by atoms with Crippen LogP contribution in [-0.4, -0.2) is 34.4 Å². The molecule has 24 heavy (non-hydrogen) atoms. The number of carbonyl (C=O) groups is 2. The van der Waals surface area contributed by atoms with E-state index in [1.807, 2.05) is 34.9 Å². The van der Waals surface area contributed by atoms with E-state index < -0.39 is 6.04 Å². The van der Waals surface area contributed by atoms with Gasteiger partial charge in [0.05, 0.1) is 19.4 Å². The van der Waals surface area contributed by atoms with Gasteiger partial charge < -0.3 is 19.2 Å². The number of benzene rings is 1. The zero-order valence-electron chi connectivity index (χ0n) is 13.2. The van der Waals surface area contributed by atoms with Crippen molar-refractivity contribution < 1.29 is 14.0 Å². The number of nitrogens with one attached hydrogen (secondary N) is 1. The van der Waals surface area contributed by atoms with Gasteiger partial charge in [0.1, 0.15) is 17.5 Å². The Hall–Kier alpha value is -3.02. The Bertz CT molecular complexity index is 911. The quantitative estimate of drug-likeness (QED) is 0.802. The molecule has 3 aromatic rings. The number of amides is 2. The maximum Gasteiger partial charge on any atom is 0.271 e. The molecule has 0 bridgehead atoms. The van der Waals surface area contributed by atoms with Gasteiger partial charge in [-0.25, -0.2) is 0 Å². The van der Waals surface area contributed by atoms with E-state index in [0.29, 0.717) is 24.5 Å². The van der Waals surface area contributed by atoms with E-state index in [1.54, 1.807) is 25.4 Å². The highest BCUT2D eigenvalue weighted by atomic mass is 16.3. The zero-order chi connectivity index (χ0) is 16.7. The summed E-state index contributed by atoms with van der Waals surface area (Å²) in [6.07, 6.45) is 1.57. The van der Waals surface area contributed by atoms with Crippen LogP contribution in [0.2, 0.25) is 0 Å². The zero-order valence-corrected chi connectivity index (χ0v) is 13.2. The maximum atomic E-state index is 12.6. The summed E-state index contributed by atoms with van der Waals surface area (Å²) in [6, 6.07) is 12.7. The highest BCUT2D eigenvalue weighted by Gasteiger charge is 2.35. The fourth-order valence-electron chi connectivity index (χ4n) is 3.17. The molecule has 6 heteroatoms. The molecule has 2 amide bonds. The lowest BCUT2D eigenvalue weighted by Gasteiger charge is -2.33. The lowest BCUT2D eigenvalue weighted by molar-refractivity contribution is -0.126. The Morgan fingerprint density at radius 1 is 1.29 bits per heavy atom. The minimum absolute atomic E-state index is 0.143. The van der Waals surface area contributed by atoms with Crippen LogP contribution in [0, 0.1) is 0 Å². The Morgan fingerprint density at radius 2 is 2.12 bits per heavy atom. The number of likely N-dealkylation sites (N-methyl/N-ethyl adjacent to an activating group) is 1. The monoisotopic (exact) mass is 323 g/mol. The van der Waals surface area contributed by atoms with Gasteiger partial charge in [-0.1, -0.05) is 18.2 Å². The predicted molar refractivity (Wildman–Crippen MR) is 88.4 cm³/mol. The van der Waals surface area contributed by atoms with E-state index in [2.05, 4.69) is 5.32 Å². The molecule has 4 rings (SSSR count). The highest BCUT2D eigenvalue weighted by Crippen LogP contribution is 2.25. The molecule has 0 unspecified atom stereocenters. The molecule has 1 aliphatic heterocycles. The van der Waals surface area contributed by atoms with Crippen molar-refractivity contribution in [2.45, 2.75) is 19.1 Å². The van der Waals surface area contributed by atoms with Gasteiger partial charge in [0.2, 0.25) is 5.91 Å². The number of hydrogen-bond donors (Lipinski definition) is 1. The topological polar surface area (TPSA) is 67.5 Å². The number of rotatable bonds is 3. The number of nitrogens with zero attached hydrogens (tertiary/aromatic N) is 2. The van der Waals surface area contributed by atoms with Gasteiger partial charge in [-0.2, -0.15) is 0 Å². The van der Waals surface area contributed by atoms with Gasteiger partial charge >= 0.3 is 0 Å². The van der Waals surface area contributed by atoms with Gasteiger partial charge in [0.15, 0.2) is 0 Å². The van der Waals surface area contributed by atoms with Crippen molar-refractivity contribution in [3.05, 3.63) is 60.2 Å². The van der Waals surface area contributed by atoms with Crippen LogP contribution in [0.5, 0.6) is 0 Å². The Morgan fingerprint density at radius 3 is 2.92 bits per heavy atom. The van der Waals surface area contributed by atoms with Crippen molar-refractivity contribution >= 4 is 22.7 Å². The first-order valence-electron chi connectivity index (χ1n) is 7.80. The third-order valence-corrected chi connectivity index (χ3v) is 4.49. The van der Waals surface area contributed by atoms with E-state index >= 15 is 0 Å². The fourth-order valence-corrected chi connectivity index (χ4v) is 3.17. The van der Waals surface area contributed by atoms with E-state index in [9.17, 15) is 9.59 Å². The van der Waals surface area contributed by atoms with Crippen LogP contribution in [0.15, 0.2) is 53.1 Å². The fraction of sp³-hybridized carbons (Fsp3) is 0.222. The summed E-state index contributed by atoms with van der Waals surface area (Å²) >= 11 is 0. The average molecular weight is 323 g/mol. The summed E-state index contributed by atoms with van der Waals surface area (Å²) < 4.78 is 7.15. The van der Waals surface area contributed by atoms with Crippen molar-refractivity contribution in [1.82, 2.24) is 14.8 Å². The average Bonchev–Trinajstić information content (AvgIpc) is 3.23. The van der Waals surface area contributed by atoms with Crippen molar-refractivity contribution in [1.29, 1.82) is 0 Å². The number of hydrogen-bond acceptors (Lipinski definition) is 3. The second-order valence-electron chi connectivity index (χ2n) is 5.93. The summed E-state index contributed by atoms with van der Waals surface area (Å²) in [5, 5.41) is 3.84. The first-order chi connectivity index (χ1) is 11.6. The van der Waals surface area contributed by atoms with Crippen LogP contribution in [0.4, 0.5) is 0 Å². The molecule has 1 aliphatic rings. The van der Waals surface area contributed by atoms with Gasteiger partial charge in [0.25, 0.3) is 5.91 Å². The number of furan rings is 1. The Balaban J connectivity index is 1.61. The maximum absolute atomic E-state index is 12.6. The first-order valence-corrected chi connectivity index (χ1v) is 7.80. The summed E-state index contributed by atoms with van der Waals surface area (Å²) in [5.41, 5.74) is 1.59. The molecule has 0 aliphatic carbocycles. The third kappa shape index (κ3) is 2.27. The van der Waals surface area contributed by atoms with E-state index in [1.165, 1.54) is 4.90 Å². The number of para-hydroxylation sites is 1. The molecule has 6 nitrogen and oxygen atoms in total. The summed E-state index contributed by atoms with van der Waals surface area (Å²) in [6.45, 7) is 0.749. The molecule has 3 heterocycles. The van der Waals surface area contributed by atoms with E-state index in [4.69, 9.17) is 4.42 Å². The molecule has 1 N–H and O–H groups in total. The normalized spacial score (nSPS) is 17.1. The molecule has 0 radical (unpaired) electrons. The molecular formula is C18H17N3O3. The van der Waals surface area contributed by atoms with Crippen LogP contribution in [0.1, 0.15) is 16.2 Å². The number of fused-ring (bicyclic) bond motifs is 3. The van der Waals surface area contributed by atoms with Crippen molar-refractivity contribution in [3.63, 3.8) is 0 Å². The molecule has 0 spiro atoms. The van der Waals surface area contributed by atoms with Gasteiger partial charge in [-0.3, -0.25) is 9.59 Å². The van der Waals surface area contributed by atoms with Crippen molar-refractivity contribution in [2.75, 3.05) is 7.05 Å². The SMILES string of the molecule is CN1C(=O)c2cc3ccccc3n2C[C@H]1C(=O)NCc1ccco1. The smallest absolute Gasteiger partial charge is 0.271 e. The Kier molecular flexibility index (Phi) is 3.37. The lowest BCUT2D eigenvalue weighted by atomic mass is 10.1. The second-order valence-corrected chi connectivity index (χ2v) is 5.93. The first kappa shape index (κ1) is 14.6.